The molecule has 0 bridgehead atoms. The Morgan fingerprint density at radius 3 is 2.40 bits per heavy atom. The number of nitrogens with zero attached hydrogens (tertiary/aromatic N) is 1. The van der Waals surface area contributed by atoms with Crippen molar-refractivity contribution in [2.75, 3.05) is 11.9 Å². The van der Waals surface area contributed by atoms with Gasteiger partial charge in [0.1, 0.15) is 5.75 Å². The molecule has 0 heterocycles. The van der Waals surface area contributed by atoms with E-state index in [9.17, 15) is 9.90 Å². The molecular weight excluding hydrogens is 250 g/mol. The van der Waals surface area contributed by atoms with Crippen molar-refractivity contribution in [3.63, 3.8) is 0 Å². The lowest BCUT2D eigenvalue weighted by atomic mass is 9.86. The maximum Gasteiger partial charge on any atom is 0.229 e. The highest BCUT2D eigenvalue weighted by Crippen LogP contribution is 2.35. The number of benzene rings is 1. The van der Waals surface area contributed by atoms with Crippen molar-refractivity contribution in [2.45, 2.75) is 51.9 Å². The minimum absolute atomic E-state index is 0.000301. The van der Waals surface area contributed by atoms with Crippen molar-refractivity contribution in [3.8, 4) is 5.75 Å². The van der Waals surface area contributed by atoms with Crippen molar-refractivity contribution in [3.05, 3.63) is 23.8 Å². The molecule has 1 fully saturated rings. The molecular formula is C17H25NO2. The molecule has 0 saturated heterocycles. The predicted molar refractivity (Wildman–Crippen MR) is 82.2 cm³/mol. The van der Waals surface area contributed by atoms with Crippen LogP contribution < -0.4 is 4.90 Å². The molecule has 0 spiro atoms. The van der Waals surface area contributed by atoms with Crippen LogP contribution in [0.2, 0.25) is 0 Å². The first kappa shape index (κ1) is 14.9. The number of anilines is 1. The van der Waals surface area contributed by atoms with Gasteiger partial charge in [-0.05, 0) is 36.0 Å². The Morgan fingerprint density at radius 1 is 1.25 bits per heavy atom. The van der Waals surface area contributed by atoms with Crippen LogP contribution in [0.25, 0.3) is 0 Å². The number of hydrogen-bond acceptors (Lipinski definition) is 2. The molecule has 0 radical (unpaired) electrons. The highest BCUT2D eigenvalue weighted by Gasteiger charge is 2.27. The van der Waals surface area contributed by atoms with E-state index in [1.165, 1.54) is 0 Å². The number of hydrogen-bond donors (Lipinski definition) is 1. The van der Waals surface area contributed by atoms with Crippen molar-refractivity contribution < 1.29 is 9.90 Å². The Bertz CT molecular complexity index is 496. The predicted octanol–water partition coefficient (Wildman–Crippen LogP) is 3.84. The van der Waals surface area contributed by atoms with Crippen molar-refractivity contribution in [1.29, 1.82) is 0 Å². The topological polar surface area (TPSA) is 40.5 Å². The first-order valence-electron chi connectivity index (χ1n) is 7.42. The zero-order valence-electron chi connectivity index (χ0n) is 12.9. The van der Waals surface area contributed by atoms with Crippen LogP contribution in [0.1, 0.15) is 52.0 Å². The molecule has 0 atom stereocenters. The number of phenols is 1. The van der Waals surface area contributed by atoms with E-state index in [1.807, 2.05) is 12.1 Å². The molecule has 2 rings (SSSR count). The van der Waals surface area contributed by atoms with Gasteiger partial charge in [-0.1, -0.05) is 39.7 Å². The van der Waals surface area contributed by atoms with E-state index in [2.05, 4.69) is 20.8 Å². The molecule has 1 aromatic carbocycles. The second-order valence-corrected chi connectivity index (χ2v) is 6.83. The van der Waals surface area contributed by atoms with Crippen LogP contribution >= 0.6 is 0 Å². The van der Waals surface area contributed by atoms with Gasteiger partial charge in [0.2, 0.25) is 5.91 Å². The summed E-state index contributed by atoms with van der Waals surface area (Å²) in [6.45, 7) is 6.38. The van der Waals surface area contributed by atoms with Gasteiger partial charge in [-0.15, -0.1) is 0 Å². The number of carbonyl (C=O) groups excluding carboxylic acids is 1. The molecule has 3 nitrogen and oxygen atoms in total. The summed E-state index contributed by atoms with van der Waals surface area (Å²) in [7, 11) is 1.77. The Hall–Kier alpha value is -1.51. The zero-order chi connectivity index (χ0) is 14.9. The third-order valence-corrected chi connectivity index (χ3v) is 4.24. The summed E-state index contributed by atoms with van der Waals surface area (Å²) >= 11 is 0. The summed E-state index contributed by atoms with van der Waals surface area (Å²) in [6.07, 6.45) is 4.22. The maximum absolute atomic E-state index is 12.5. The summed E-state index contributed by atoms with van der Waals surface area (Å²) in [4.78, 5) is 14.1. The normalized spacial score (nSPS) is 16.4. The van der Waals surface area contributed by atoms with E-state index >= 15 is 0 Å². The average molecular weight is 275 g/mol. The van der Waals surface area contributed by atoms with E-state index in [0.717, 1.165) is 31.2 Å². The van der Waals surface area contributed by atoms with Crippen LogP contribution in [-0.2, 0) is 10.2 Å². The Kier molecular flexibility index (Phi) is 4.07. The van der Waals surface area contributed by atoms with E-state index in [-0.39, 0.29) is 23.0 Å². The standard InChI is InChI=1S/C17H25NO2/c1-17(2,3)13-9-10-15(19)14(11-13)18(4)16(20)12-7-5-6-8-12/h9-12,19H,5-8H2,1-4H3. The lowest BCUT2D eigenvalue weighted by Gasteiger charge is -2.25. The monoisotopic (exact) mass is 275 g/mol. The van der Waals surface area contributed by atoms with E-state index in [4.69, 9.17) is 0 Å². The fourth-order valence-corrected chi connectivity index (χ4v) is 2.82. The summed E-state index contributed by atoms with van der Waals surface area (Å²) in [5, 5.41) is 10.1. The molecule has 20 heavy (non-hydrogen) atoms. The number of amides is 1. The second kappa shape index (κ2) is 5.47. The number of carbonyl (C=O) groups is 1. The van der Waals surface area contributed by atoms with Crippen LogP contribution in [0.5, 0.6) is 5.75 Å². The minimum Gasteiger partial charge on any atom is -0.506 e. The molecule has 1 amide bonds. The molecule has 0 aromatic heterocycles. The lowest BCUT2D eigenvalue weighted by Crippen LogP contribution is -2.32. The van der Waals surface area contributed by atoms with Gasteiger partial charge in [0.15, 0.2) is 0 Å². The van der Waals surface area contributed by atoms with Crippen LogP contribution in [0.3, 0.4) is 0 Å². The quantitative estimate of drug-likeness (QED) is 0.890. The van der Waals surface area contributed by atoms with Crippen LogP contribution in [0, 0.1) is 5.92 Å². The fraction of sp³-hybridized carbons (Fsp3) is 0.588. The number of phenolic OH excluding ortho intramolecular Hbond substituents is 1. The Labute approximate surface area is 121 Å². The van der Waals surface area contributed by atoms with Gasteiger partial charge in [-0.2, -0.15) is 0 Å². The van der Waals surface area contributed by atoms with Crippen LogP contribution in [-0.4, -0.2) is 18.1 Å². The van der Waals surface area contributed by atoms with E-state index < -0.39 is 0 Å². The van der Waals surface area contributed by atoms with Crippen LogP contribution in [0.15, 0.2) is 18.2 Å². The van der Waals surface area contributed by atoms with Crippen molar-refractivity contribution in [2.24, 2.45) is 5.92 Å². The molecule has 1 N–H and O–H groups in total. The molecule has 110 valence electrons. The SMILES string of the molecule is CN(C(=O)C1CCCC1)c1cc(C(C)(C)C)ccc1O. The highest BCUT2D eigenvalue weighted by molar-refractivity contribution is 5.96. The summed E-state index contributed by atoms with van der Waals surface area (Å²) in [6, 6.07) is 5.54. The molecule has 1 aliphatic carbocycles. The van der Waals surface area contributed by atoms with Gasteiger partial charge < -0.3 is 10.0 Å². The number of aromatic hydroxyl groups is 1. The summed E-state index contributed by atoms with van der Waals surface area (Å²) in [5.41, 5.74) is 1.74. The van der Waals surface area contributed by atoms with Gasteiger partial charge in [0.05, 0.1) is 5.69 Å². The first-order valence-corrected chi connectivity index (χ1v) is 7.42. The minimum atomic E-state index is -0.000301. The number of rotatable bonds is 2. The molecule has 3 heteroatoms. The zero-order valence-corrected chi connectivity index (χ0v) is 12.9. The van der Waals surface area contributed by atoms with E-state index in [1.54, 1.807) is 18.0 Å². The highest BCUT2D eigenvalue weighted by atomic mass is 16.3. The van der Waals surface area contributed by atoms with Crippen molar-refractivity contribution in [1.82, 2.24) is 0 Å². The largest absolute Gasteiger partial charge is 0.506 e. The summed E-state index contributed by atoms with van der Waals surface area (Å²) < 4.78 is 0. The van der Waals surface area contributed by atoms with Crippen molar-refractivity contribution >= 4 is 11.6 Å². The summed E-state index contributed by atoms with van der Waals surface area (Å²) in [5.74, 6) is 0.424. The second-order valence-electron chi connectivity index (χ2n) is 6.83. The van der Waals surface area contributed by atoms with E-state index in [0.29, 0.717) is 5.69 Å². The lowest BCUT2D eigenvalue weighted by molar-refractivity contribution is -0.121. The van der Waals surface area contributed by atoms with Crippen LogP contribution in [0.4, 0.5) is 5.69 Å². The smallest absolute Gasteiger partial charge is 0.229 e. The molecule has 1 aromatic rings. The maximum atomic E-state index is 12.5. The third kappa shape index (κ3) is 2.97. The van der Waals surface area contributed by atoms with Gasteiger partial charge >= 0.3 is 0 Å². The van der Waals surface area contributed by atoms with Gasteiger partial charge in [-0.3, -0.25) is 4.79 Å². The molecule has 0 aliphatic heterocycles. The fourth-order valence-electron chi connectivity index (χ4n) is 2.82. The van der Waals surface area contributed by atoms with Gasteiger partial charge in [0, 0.05) is 13.0 Å². The van der Waals surface area contributed by atoms with Gasteiger partial charge in [0.25, 0.3) is 0 Å². The third-order valence-electron chi connectivity index (χ3n) is 4.24. The molecule has 1 saturated carbocycles. The Morgan fingerprint density at radius 2 is 1.85 bits per heavy atom. The average Bonchev–Trinajstić information content (AvgIpc) is 2.90. The first-order chi connectivity index (χ1) is 9.30. The van der Waals surface area contributed by atoms with Gasteiger partial charge in [-0.25, -0.2) is 0 Å². The molecule has 1 aliphatic rings. The Balaban J connectivity index is 2.28. The molecule has 0 unspecified atom stereocenters.